The molecule has 4 aromatic rings. The van der Waals surface area contributed by atoms with Crippen molar-refractivity contribution >= 4 is 28.4 Å². The molecule has 0 saturated heterocycles. The van der Waals surface area contributed by atoms with E-state index >= 15 is 0 Å². The van der Waals surface area contributed by atoms with Crippen LogP contribution < -0.4 is 0 Å². The molecule has 1 heterocycles. The van der Waals surface area contributed by atoms with Gasteiger partial charge in [-0.1, -0.05) is 86.0 Å². The molecule has 1 aromatic heterocycles. The zero-order valence-corrected chi connectivity index (χ0v) is 19.6. The highest BCUT2D eigenvalue weighted by Crippen LogP contribution is 2.29. The number of aryl methyl sites for hydroxylation is 1. The van der Waals surface area contributed by atoms with Gasteiger partial charge in [0.1, 0.15) is 0 Å². The van der Waals surface area contributed by atoms with Gasteiger partial charge >= 0.3 is 0 Å². The zero-order chi connectivity index (χ0) is 22.2. The number of carbonyl (C=O) groups is 1. The number of carbonyl (C=O) groups excluding carboxylic acids is 1. The average molecular weight is 442 g/mol. The summed E-state index contributed by atoms with van der Waals surface area (Å²) >= 11 is 1.95. The summed E-state index contributed by atoms with van der Waals surface area (Å²) in [5, 5.41) is 1.07. The summed E-state index contributed by atoms with van der Waals surface area (Å²) in [5.41, 5.74) is 3.86. The summed E-state index contributed by atoms with van der Waals surface area (Å²) in [6, 6.07) is 28.6. The third-order valence-corrected chi connectivity index (χ3v) is 7.13. The first kappa shape index (κ1) is 22.4. The van der Waals surface area contributed by atoms with E-state index in [0.717, 1.165) is 35.2 Å². The summed E-state index contributed by atoms with van der Waals surface area (Å²) in [4.78, 5) is 14.6. The predicted octanol–water partition coefficient (Wildman–Crippen LogP) is 7.92. The van der Waals surface area contributed by atoms with Gasteiger partial charge in [-0.25, -0.2) is 0 Å². The van der Waals surface area contributed by atoms with Gasteiger partial charge in [-0.2, -0.15) is 0 Å². The maximum absolute atomic E-state index is 13.3. The van der Waals surface area contributed by atoms with E-state index in [9.17, 15) is 4.79 Å². The second-order valence-corrected chi connectivity index (χ2v) is 9.42. The predicted molar refractivity (Wildman–Crippen MR) is 137 cm³/mol. The fraction of sp³-hybridized carbons (Fsp3) is 0.276. The maximum Gasteiger partial charge on any atom is 0.195 e. The summed E-state index contributed by atoms with van der Waals surface area (Å²) in [6.45, 7) is 3.06. The van der Waals surface area contributed by atoms with E-state index in [1.54, 1.807) is 0 Å². The Balaban J connectivity index is 1.32. The van der Waals surface area contributed by atoms with Gasteiger partial charge in [0.05, 0.1) is 5.56 Å². The summed E-state index contributed by atoms with van der Waals surface area (Å²) in [6.07, 6.45) is 6.18. The largest absolute Gasteiger partial charge is 0.344 e. The molecule has 0 atom stereocenters. The number of ketones is 1. The van der Waals surface area contributed by atoms with Gasteiger partial charge in [-0.05, 0) is 43.7 Å². The Bertz CT molecular complexity index is 1150. The number of aromatic nitrogens is 1. The molecule has 3 heteroatoms. The van der Waals surface area contributed by atoms with Gasteiger partial charge < -0.3 is 4.57 Å². The van der Waals surface area contributed by atoms with E-state index in [1.165, 1.54) is 41.8 Å². The minimum absolute atomic E-state index is 0.119. The van der Waals surface area contributed by atoms with Crippen LogP contribution in [-0.2, 0) is 6.54 Å². The molecule has 0 bridgehead atoms. The molecule has 2 nitrogen and oxygen atoms in total. The van der Waals surface area contributed by atoms with Crippen LogP contribution in [0.1, 0.15) is 53.7 Å². The Kier molecular flexibility index (Phi) is 7.84. The smallest absolute Gasteiger partial charge is 0.195 e. The lowest BCUT2D eigenvalue weighted by atomic mass is 10.0. The van der Waals surface area contributed by atoms with E-state index in [0.29, 0.717) is 0 Å². The van der Waals surface area contributed by atoms with Crippen molar-refractivity contribution in [2.24, 2.45) is 0 Å². The van der Waals surface area contributed by atoms with Crippen LogP contribution >= 0.6 is 11.8 Å². The Hall–Kier alpha value is -2.78. The zero-order valence-electron chi connectivity index (χ0n) is 18.8. The van der Waals surface area contributed by atoms with E-state index in [2.05, 4.69) is 60.0 Å². The first-order valence-electron chi connectivity index (χ1n) is 11.6. The number of hydrogen-bond donors (Lipinski definition) is 0. The first-order chi connectivity index (χ1) is 15.8. The van der Waals surface area contributed by atoms with Gasteiger partial charge in [0, 0.05) is 33.6 Å². The molecule has 0 aliphatic rings. The van der Waals surface area contributed by atoms with Crippen molar-refractivity contribution in [3.05, 3.63) is 102 Å². The van der Waals surface area contributed by atoms with Crippen LogP contribution in [0.4, 0.5) is 0 Å². The molecule has 164 valence electrons. The molecular formula is C29H31NOS. The van der Waals surface area contributed by atoms with Crippen molar-refractivity contribution in [3.63, 3.8) is 0 Å². The molecule has 4 rings (SSSR count). The van der Waals surface area contributed by atoms with E-state index in [1.807, 2.05) is 48.2 Å². The van der Waals surface area contributed by atoms with Crippen LogP contribution in [0.5, 0.6) is 0 Å². The topological polar surface area (TPSA) is 22.0 Å². The molecule has 0 radical (unpaired) electrons. The van der Waals surface area contributed by atoms with E-state index in [-0.39, 0.29) is 5.78 Å². The number of fused-ring (bicyclic) bond motifs is 1. The quantitative estimate of drug-likeness (QED) is 0.134. The fourth-order valence-corrected chi connectivity index (χ4v) is 5.28. The molecule has 0 saturated carbocycles. The highest BCUT2D eigenvalue weighted by Gasteiger charge is 2.20. The normalized spacial score (nSPS) is 11.2. The number of benzene rings is 3. The molecule has 0 N–H and O–H groups in total. The van der Waals surface area contributed by atoms with Crippen molar-refractivity contribution in [3.8, 4) is 0 Å². The standard InChI is InChI=1S/C29H31NOS/c1-23-28(29(31)24-15-7-5-8-16-24)26-19-11-12-20-27(26)30(23)21-13-3-2-4-14-22-32-25-17-9-6-10-18-25/h5-12,15-20H,2-4,13-14,21-22H2,1H3. The Morgan fingerprint density at radius 1 is 0.750 bits per heavy atom. The molecule has 0 spiro atoms. The molecule has 0 fully saturated rings. The molecule has 3 aromatic carbocycles. The van der Waals surface area contributed by atoms with Crippen LogP contribution in [0.15, 0.2) is 89.8 Å². The monoisotopic (exact) mass is 441 g/mol. The maximum atomic E-state index is 13.3. The highest BCUT2D eigenvalue weighted by molar-refractivity contribution is 7.99. The SMILES string of the molecule is Cc1c(C(=O)c2ccccc2)c2ccccc2n1CCCCCCCSc1ccccc1. The Labute approximate surface area is 195 Å². The first-order valence-corrected chi connectivity index (χ1v) is 12.6. The number of nitrogens with zero attached hydrogens (tertiary/aromatic N) is 1. The van der Waals surface area contributed by atoms with Crippen LogP contribution in [0.3, 0.4) is 0 Å². The number of rotatable bonds is 11. The van der Waals surface area contributed by atoms with Crippen LogP contribution in [0, 0.1) is 6.92 Å². The molecular weight excluding hydrogens is 410 g/mol. The van der Waals surface area contributed by atoms with Crippen molar-refractivity contribution in [1.82, 2.24) is 4.57 Å². The Morgan fingerprint density at radius 3 is 2.16 bits per heavy atom. The fourth-order valence-electron chi connectivity index (χ4n) is 4.35. The van der Waals surface area contributed by atoms with Crippen LogP contribution in [-0.4, -0.2) is 16.1 Å². The molecule has 0 aliphatic heterocycles. The summed E-state index contributed by atoms with van der Waals surface area (Å²) in [5.74, 6) is 1.31. The summed E-state index contributed by atoms with van der Waals surface area (Å²) < 4.78 is 2.34. The van der Waals surface area contributed by atoms with Crippen molar-refractivity contribution in [2.75, 3.05) is 5.75 Å². The second kappa shape index (κ2) is 11.2. The van der Waals surface area contributed by atoms with Crippen LogP contribution in [0.25, 0.3) is 10.9 Å². The minimum atomic E-state index is 0.119. The highest BCUT2D eigenvalue weighted by atomic mass is 32.2. The summed E-state index contributed by atoms with van der Waals surface area (Å²) in [7, 11) is 0. The average Bonchev–Trinajstić information content (AvgIpc) is 3.12. The lowest BCUT2D eigenvalue weighted by Gasteiger charge is -2.09. The number of hydrogen-bond acceptors (Lipinski definition) is 2. The van der Waals surface area contributed by atoms with Gasteiger partial charge in [-0.15, -0.1) is 11.8 Å². The third-order valence-electron chi connectivity index (χ3n) is 6.03. The lowest BCUT2D eigenvalue weighted by Crippen LogP contribution is -2.05. The molecule has 0 aliphatic carbocycles. The molecule has 0 unspecified atom stereocenters. The Morgan fingerprint density at radius 2 is 1.38 bits per heavy atom. The van der Waals surface area contributed by atoms with Crippen molar-refractivity contribution in [1.29, 1.82) is 0 Å². The van der Waals surface area contributed by atoms with Crippen LogP contribution in [0.2, 0.25) is 0 Å². The van der Waals surface area contributed by atoms with Crippen molar-refractivity contribution in [2.45, 2.75) is 50.5 Å². The minimum Gasteiger partial charge on any atom is -0.344 e. The second-order valence-electron chi connectivity index (χ2n) is 8.25. The lowest BCUT2D eigenvalue weighted by molar-refractivity contribution is 0.103. The number of thioether (sulfide) groups is 1. The number of unbranched alkanes of at least 4 members (excludes halogenated alkanes) is 4. The molecule has 32 heavy (non-hydrogen) atoms. The third kappa shape index (κ3) is 5.34. The van der Waals surface area contributed by atoms with Gasteiger partial charge in [0.15, 0.2) is 5.78 Å². The van der Waals surface area contributed by atoms with Crippen molar-refractivity contribution < 1.29 is 4.79 Å². The van der Waals surface area contributed by atoms with Gasteiger partial charge in [0.2, 0.25) is 0 Å². The van der Waals surface area contributed by atoms with E-state index in [4.69, 9.17) is 0 Å². The van der Waals surface area contributed by atoms with E-state index < -0.39 is 0 Å². The van der Waals surface area contributed by atoms with Gasteiger partial charge in [0.25, 0.3) is 0 Å². The molecule has 0 amide bonds. The number of para-hydroxylation sites is 1. The van der Waals surface area contributed by atoms with Gasteiger partial charge in [-0.3, -0.25) is 4.79 Å².